The zero-order valence-electron chi connectivity index (χ0n) is 14.8. The summed E-state index contributed by atoms with van der Waals surface area (Å²) in [4.78, 5) is 25.2. The summed E-state index contributed by atoms with van der Waals surface area (Å²) in [5.41, 5.74) is -0.574. The molecule has 0 atom stereocenters. The molecule has 0 spiro atoms. The molecule has 28 heavy (non-hydrogen) atoms. The topological polar surface area (TPSA) is 75.5 Å². The number of amides is 1. The van der Waals surface area contributed by atoms with Crippen molar-refractivity contribution in [1.82, 2.24) is 0 Å². The molecule has 1 amide bonds. The number of anilines is 2. The quantitative estimate of drug-likeness (QED) is 0.595. The van der Waals surface area contributed by atoms with Crippen molar-refractivity contribution in [3.63, 3.8) is 0 Å². The Morgan fingerprint density at radius 1 is 1.07 bits per heavy atom. The molecule has 1 aliphatic heterocycles. The monoisotopic (exact) mass is 393 g/mol. The van der Waals surface area contributed by atoms with Crippen LogP contribution in [0.15, 0.2) is 42.5 Å². The molecule has 1 fully saturated rings. The second-order valence-electron chi connectivity index (χ2n) is 6.54. The number of nitro groups is 1. The first kappa shape index (κ1) is 19.7. The van der Waals surface area contributed by atoms with E-state index in [0.717, 1.165) is 37.5 Å². The fourth-order valence-electron chi connectivity index (χ4n) is 3.20. The maximum Gasteiger partial charge on any atom is 0.416 e. The van der Waals surface area contributed by atoms with E-state index in [1.54, 1.807) is 0 Å². The van der Waals surface area contributed by atoms with E-state index < -0.39 is 22.6 Å². The van der Waals surface area contributed by atoms with E-state index in [9.17, 15) is 28.1 Å². The van der Waals surface area contributed by atoms with Gasteiger partial charge in [0.15, 0.2) is 0 Å². The SMILES string of the molecule is O=C(Nc1cccc(C(F)(F)F)c1)c1cc([N+](=O)[O-])ccc1N1CCCCC1. The second kappa shape index (κ2) is 7.87. The number of nitrogens with one attached hydrogen (secondary N) is 1. The molecule has 1 aliphatic rings. The van der Waals surface area contributed by atoms with E-state index in [2.05, 4.69) is 5.32 Å². The summed E-state index contributed by atoms with van der Waals surface area (Å²) < 4.78 is 38.6. The average Bonchev–Trinajstić information content (AvgIpc) is 2.67. The zero-order valence-corrected chi connectivity index (χ0v) is 14.8. The van der Waals surface area contributed by atoms with Gasteiger partial charge in [-0.2, -0.15) is 13.2 Å². The van der Waals surface area contributed by atoms with Crippen LogP contribution in [0.25, 0.3) is 0 Å². The van der Waals surface area contributed by atoms with E-state index in [0.29, 0.717) is 18.8 Å². The molecule has 0 radical (unpaired) electrons. The van der Waals surface area contributed by atoms with Gasteiger partial charge in [-0.1, -0.05) is 6.07 Å². The zero-order chi connectivity index (χ0) is 20.3. The summed E-state index contributed by atoms with van der Waals surface area (Å²) in [7, 11) is 0. The van der Waals surface area contributed by atoms with E-state index in [4.69, 9.17) is 0 Å². The van der Waals surface area contributed by atoms with Crippen LogP contribution in [-0.4, -0.2) is 23.9 Å². The molecule has 1 heterocycles. The largest absolute Gasteiger partial charge is 0.416 e. The number of hydrogen-bond donors (Lipinski definition) is 1. The number of halogens is 3. The number of alkyl halides is 3. The second-order valence-corrected chi connectivity index (χ2v) is 6.54. The number of rotatable bonds is 4. The van der Waals surface area contributed by atoms with Gasteiger partial charge in [-0.25, -0.2) is 0 Å². The number of hydrogen-bond acceptors (Lipinski definition) is 4. The highest BCUT2D eigenvalue weighted by Gasteiger charge is 2.30. The third kappa shape index (κ3) is 4.41. The summed E-state index contributed by atoms with van der Waals surface area (Å²) in [5.74, 6) is -0.691. The Morgan fingerprint density at radius 3 is 2.43 bits per heavy atom. The molecule has 0 unspecified atom stereocenters. The summed E-state index contributed by atoms with van der Waals surface area (Å²) in [6.07, 6.45) is -1.60. The maximum absolute atomic E-state index is 12.9. The average molecular weight is 393 g/mol. The lowest BCUT2D eigenvalue weighted by atomic mass is 10.1. The van der Waals surface area contributed by atoms with Crippen molar-refractivity contribution in [2.24, 2.45) is 0 Å². The van der Waals surface area contributed by atoms with Crippen molar-refractivity contribution in [3.8, 4) is 0 Å². The third-order valence-corrected chi connectivity index (χ3v) is 4.58. The van der Waals surface area contributed by atoms with Gasteiger partial charge in [0.1, 0.15) is 0 Å². The maximum atomic E-state index is 12.9. The van der Waals surface area contributed by atoms with Crippen molar-refractivity contribution in [1.29, 1.82) is 0 Å². The lowest BCUT2D eigenvalue weighted by Gasteiger charge is -2.30. The van der Waals surface area contributed by atoms with Crippen LogP contribution in [-0.2, 0) is 6.18 Å². The molecule has 148 valence electrons. The molecule has 2 aromatic carbocycles. The number of non-ortho nitro benzene ring substituents is 1. The molecular formula is C19H18F3N3O3. The van der Waals surface area contributed by atoms with Crippen molar-refractivity contribution >= 4 is 23.0 Å². The van der Waals surface area contributed by atoms with Crippen LogP contribution in [0.4, 0.5) is 30.2 Å². The molecule has 0 aliphatic carbocycles. The highest BCUT2D eigenvalue weighted by molar-refractivity contribution is 6.08. The molecular weight excluding hydrogens is 375 g/mol. The van der Waals surface area contributed by atoms with E-state index in [-0.39, 0.29) is 16.9 Å². The Kier molecular flexibility index (Phi) is 5.53. The number of benzene rings is 2. The fraction of sp³-hybridized carbons (Fsp3) is 0.316. The molecule has 1 saturated heterocycles. The Labute approximate surface area is 159 Å². The molecule has 6 nitrogen and oxygen atoms in total. The molecule has 2 aromatic rings. The number of nitro benzene ring substituents is 1. The van der Waals surface area contributed by atoms with E-state index >= 15 is 0 Å². The Morgan fingerprint density at radius 2 is 1.79 bits per heavy atom. The van der Waals surface area contributed by atoms with Gasteiger partial charge in [-0.05, 0) is 43.5 Å². The minimum Gasteiger partial charge on any atom is -0.371 e. The smallest absolute Gasteiger partial charge is 0.371 e. The number of nitrogens with zero attached hydrogens (tertiary/aromatic N) is 2. The Bertz CT molecular complexity index is 893. The summed E-state index contributed by atoms with van der Waals surface area (Å²) in [6, 6.07) is 8.27. The van der Waals surface area contributed by atoms with Crippen molar-refractivity contribution in [2.45, 2.75) is 25.4 Å². The minimum atomic E-state index is -4.54. The van der Waals surface area contributed by atoms with Gasteiger partial charge in [-0.3, -0.25) is 14.9 Å². The highest BCUT2D eigenvalue weighted by Crippen LogP contribution is 2.32. The molecule has 0 saturated carbocycles. The van der Waals surface area contributed by atoms with Gasteiger partial charge in [0.25, 0.3) is 11.6 Å². The van der Waals surface area contributed by atoms with Gasteiger partial charge in [0.2, 0.25) is 0 Å². The van der Waals surface area contributed by atoms with Crippen LogP contribution in [0.1, 0.15) is 35.2 Å². The first-order chi connectivity index (χ1) is 13.3. The molecule has 1 N–H and O–H groups in total. The van der Waals surface area contributed by atoms with Gasteiger partial charge in [-0.15, -0.1) is 0 Å². The van der Waals surface area contributed by atoms with E-state index in [1.807, 2.05) is 4.90 Å². The van der Waals surface area contributed by atoms with Crippen LogP contribution in [0.3, 0.4) is 0 Å². The Balaban J connectivity index is 1.93. The number of piperidine rings is 1. The van der Waals surface area contributed by atoms with Gasteiger partial charge < -0.3 is 10.2 Å². The predicted octanol–water partition coefficient (Wildman–Crippen LogP) is 4.86. The number of carbonyl (C=O) groups excluding carboxylic acids is 1. The third-order valence-electron chi connectivity index (χ3n) is 4.58. The van der Waals surface area contributed by atoms with Crippen LogP contribution in [0, 0.1) is 10.1 Å². The molecule has 0 bridgehead atoms. The van der Waals surface area contributed by atoms with Gasteiger partial charge in [0, 0.05) is 30.9 Å². The summed E-state index contributed by atoms with van der Waals surface area (Å²) >= 11 is 0. The molecule has 9 heteroatoms. The summed E-state index contributed by atoms with van der Waals surface area (Å²) in [6.45, 7) is 1.42. The van der Waals surface area contributed by atoms with E-state index in [1.165, 1.54) is 24.3 Å². The van der Waals surface area contributed by atoms with Gasteiger partial charge >= 0.3 is 6.18 Å². The van der Waals surface area contributed by atoms with Crippen LogP contribution in [0.5, 0.6) is 0 Å². The normalized spacial score (nSPS) is 14.6. The first-order valence-electron chi connectivity index (χ1n) is 8.78. The molecule has 3 rings (SSSR count). The van der Waals surface area contributed by atoms with Crippen molar-refractivity contribution in [3.05, 3.63) is 63.7 Å². The number of carbonyl (C=O) groups is 1. The lowest BCUT2D eigenvalue weighted by Crippen LogP contribution is -2.31. The minimum absolute atomic E-state index is 0.0316. The molecule has 0 aromatic heterocycles. The Hall–Kier alpha value is -3.10. The van der Waals surface area contributed by atoms with Crippen molar-refractivity contribution in [2.75, 3.05) is 23.3 Å². The standard InChI is InChI=1S/C19H18F3N3O3/c20-19(21,22)13-5-4-6-14(11-13)23-18(26)16-12-15(25(27)28)7-8-17(16)24-9-2-1-3-10-24/h4-8,11-12H,1-3,9-10H2,(H,23,26). The van der Waals surface area contributed by atoms with Gasteiger partial charge in [0.05, 0.1) is 21.7 Å². The van der Waals surface area contributed by atoms with Crippen LogP contribution < -0.4 is 10.2 Å². The van der Waals surface area contributed by atoms with Crippen LogP contribution >= 0.6 is 0 Å². The predicted molar refractivity (Wildman–Crippen MR) is 98.6 cm³/mol. The van der Waals surface area contributed by atoms with Crippen molar-refractivity contribution < 1.29 is 22.9 Å². The fourth-order valence-corrected chi connectivity index (χ4v) is 3.20. The first-order valence-corrected chi connectivity index (χ1v) is 8.78. The highest BCUT2D eigenvalue weighted by atomic mass is 19.4. The summed E-state index contributed by atoms with van der Waals surface area (Å²) in [5, 5.41) is 13.5. The van der Waals surface area contributed by atoms with Crippen LogP contribution in [0.2, 0.25) is 0 Å². The lowest BCUT2D eigenvalue weighted by molar-refractivity contribution is -0.384.